The minimum Gasteiger partial charge on any atom is -0.456 e. The van der Waals surface area contributed by atoms with Crippen LogP contribution >= 0.6 is 11.6 Å². The van der Waals surface area contributed by atoms with Crippen molar-refractivity contribution in [1.29, 1.82) is 0 Å². The van der Waals surface area contributed by atoms with Gasteiger partial charge in [0.1, 0.15) is 11.5 Å². The number of carbonyl (C=O) groups is 2. The third-order valence-corrected chi connectivity index (χ3v) is 6.33. The van der Waals surface area contributed by atoms with Gasteiger partial charge in [-0.3, -0.25) is 9.59 Å². The van der Waals surface area contributed by atoms with E-state index in [-0.39, 0.29) is 45.4 Å². The summed E-state index contributed by atoms with van der Waals surface area (Å²) < 4.78 is 46.1. The van der Waals surface area contributed by atoms with Crippen LogP contribution in [0.2, 0.25) is 5.02 Å². The Morgan fingerprint density at radius 3 is 2.41 bits per heavy atom. The molecule has 1 N–H and O–H groups in total. The molecule has 0 saturated heterocycles. The Kier molecular flexibility index (Phi) is 7.93. The van der Waals surface area contributed by atoms with Crippen LogP contribution in [0.4, 0.5) is 18.9 Å². The topological polar surface area (TPSA) is 58.6 Å². The predicted octanol–water partition coefficient (Wildman–Crippen LogP) is 6.76. The lowest BCUT2D eigenvalue weighted by atomic mass is 9.86. The van der Waals surface area contributed by atoms with E-state index in [9.17, 15) is 22.8 Å². The van der Waals surface area contributed by atoms with Gasteiger partial charge in [-0.2, -0.15) is 13.2 Å². The van der Waals surface area contributed by atoms with Crippen LogP contribution in [0.5, 0.6) is 11.5 Å². The SMILES string of the molecule is CCN(CC)CCC1C(=O)c2c(ccc(Cl)c2NC(=O)C(C)C)Oc2cc(C(F)(F)F)ccc21. The van der Waals surface area contributed by atoms with E-state index >= 15 is 0 Å². The molecule has 0 radical (unpaired) electrons. The molecule has 3 rings (SSSR count). The molecule has 1 aliphatic heterocycles. The minimum atomic E-state index is -4.56. The molecule has 0 fully saturated rings. The van der Waals surface area contributed by atoms with Crippen LogP contribution in [0, 0.1) is 5.92 Å². The third kappa shape index (κ3) is 5.39. The normalized spacial score (nSPS) is 15.6. The van der Waals surface area contributed by atoms with Crippen molar-refractivity contribution >= 4 is 29.0 Å². The molecule has 9 heteroatoms. The standard InChI is InChI=1S/C25H28ClF3N2O3/c1-5-31(6-2)12-11-17-16-8-7-15(25(27,28)29)13-20(16)34-19-10-9-18(26)22(21(19)23(17)32)30-24(33)14(3)4/h7-10,13-14,17H,5-6,11-12H2,1-4H3,(H,30,33). The first-order chi connectivity index (χ1) is 16.0. The first-order valence-electron chi connectivity index (χ1n) is 11.3. The van der Waals surface area contributed by atoms with E-state index in [1.165, 1.54) is 18.2 Å². The number of halogens is 4. The molecule has 1 amide bonds. The molecule has 34 heavy (non-hydrogen) atoms. The summed E-state index contributed by atoms with van der Waals surface area (Å²) in [7, 11) is 0. The van der Waals surface area contributed by atoms with Gasteiger partial charge in [-0.25, -0.2) is 0 Å². The van der Waals surface area contributed by atoms with Gasteiger partial charge in [0, 0.05) is 11.5 Å². The van der Waals surface area contributed by atoms with E-state index in [0.29, 0.717) is 18.5 Å². The smallest absolute Gasteiger partial charge is 0.416 e. The van der Waals surface area contributed by atoms with Crippen LogP contribution in [0.25, 0.3) is 0 Å². The Morgan fingerprint density at radius 1 is 1.15 bits per heavy atom. The highest BCUT2D eigenvalue weighted by Crippen LogP contribution is 2.47. The second kappa shape index (κ2) is 10.4. The van der Waals surface area contributed by atoms with Crippen molar-refractivity contribution in [3.05, 3.63) is 52.0 Å². The van der Waals surface area contributed by atoms with Gasteiger partial charge in [-0.1, -0.05) is 45.4 Å². The number of hydrogen-bond donors (Lipinski definition) is 1. The molecule has 0 aliphatic carbocycles. The summed E-state index contributed by atoms with van der Waals surface area (Å²) in [6.07, 6.45) is -4.20. The number of rotatable bonds is 7. The maximum Gasteiger partial charge on any atom is 0.416 e. The highest BCUT2D eigenvalue weighted by molar-refractivity contribution is 6.35. The zero-order valence-corrected chi connectivity index (χ0v) is 20.3. The van der Waals surface area contributed by atoms with Gasteiger partial charge in [0.05, 0.1) is 27.8 Å². The van der Waals surface area contributed by atoms with E-state index in [1.807, 2.05) is 13.8 Å². The van der Waals surface area contributed by atoms with E-state index < -0.39 is 17.7 Å². The highest BCUT2D eigenvalue weighted by atomic mass is 35.5. The zero-order valence-electron chi connectivity index (χ0n) is 19.6. The first kappa shape index (κ1) is 26.0. The molecule has 1 aliphatic rings. The van der Waals surface area contributed by atoms with E-state index in [0.717, 1.165) is 25.2 Å². The van der Waals surface area contributed by atoms with Crippen LogP contribution in [0.15, 0.2) is 30.3 Å². The second-order valence-corrected chi connectivity index (χ2v) is 8.93. The number of Topliss-reactive ketones (excluding diaryl/α,β-unsaturated/α-hetero) is 1. The van der Waals surface area contributed by atoms with Gasteiger partial charge in [-0.15, -0.1) is 0 Å². The number of anilines is 1. The van der Waals surface area contributed by atoms with Crippen molar-refractivity contribution in [3.63, 3.8) is 0 Å². The molecular formula is C25H28ClF3N2O3. The molecule has 1 heterocycles. The van der Waals surface area contributed by atoms with Crippen molar-refractivity contribution in [1.82, 2.24) is 4.90 Å². The lowest BCUT2D eigenvalue weighted by molar-refractivity contribution is -0.137. The number of nitrogens with one attached hydrogen (secondary N) is 1. The Labute approximate surface area is 202 Å². The molecular weight excluding hydrogens is 469 g/mol. The Hall–Kier alpha value is -2.58. The Balaban J connectivity index is 2.17. The van der Waals surface area contributed by atoms with Gasteiger partial charge in [0.15, 0.2) is 5.78 Å². The fraction of sp³-hybridized carbons (Fsp3) is 0.440. The monoisotopic (exact) mass is 496 g/mol. The summed E-state index contributed by atoms with van der Waals surface area (Å²) in [6.45, 7) is 9.50. The Morgan fingerprint density at radius 2 is 1.82 bits per heavy atom. The first-order valence-corrected chi connectivity index (χ1v) is 11.6. The number of alkyl halides is 3. The number of ketones is 1. The summed E-state index contributed by atoms with van der Waals surface area (Å²) in [5.41, 5.74) is -0.319. The molecule has 0 bridgehead atoms. The number of amides is 1. The number of ether oxygens (including phenoxy) is 1. The third-order valence-electron chi connectivity index (χ3n) is 6.02. The summed E-state index contributed by atoms with van der Waals surface area (Å²) in [4.78, 5) is 28.4. The molecule has 5 nitrogen and oxygen atoms in total. The number of carbonyl (C=O) groups excluding carboxylic acids is 2. The van der Waals surface area contributed by atoms with Crippen LogP contribution < -0.4 is 10.1 Å². The predicted molar refractivity (Wildman–Crippen MR) is 126 cm³/mol. The van der Waals surface area contributed by atoms with Crippen molar-refractivity contribution in [3.8, 4) is 11.5 Å². The van der Waals surface area contributed by atoms with Gasteiger partial charge >= 0.3 is 6.18 Å². The molecule has 0 aromatic heterocycles. The average Bonchev–Trinajstić information content (AvgIpc) is 2.89. The van der Waals surface area contributed by atoms with Crippen LogP contribution in [0.1, 0.15) is 61.5 Å². The molecule has 184 valence electrons. The van der Waals surface area contributed by atoms with Crippen molar-refractivity contribution in [2.24, 2.45) is 5.92 Å². The van der Waals surface area contributed by atoms with E-state index in [4.69, 9.17) is 16.3 Å². The number of nitrogens with zero attached hydrogens (tertiary/aromatic N) is 1. The fourth-order valence-electron chi connectivity index (χ4n) is 3.94. The van der Waals surface area contributed by atoms with Gasteiger partial charge in [-0.05, 0) is 50.3 Å². The van der Waals surface area contributed by atoms with Crippen LogP contribution in [-0.4, -0.2) is 36.2 Å². The largest absolute Gasteiger partial charge is 0.456 e. The quantitative estimate of drug-likeness (QED) is 0.460. The molecule has 2 aromatic rings. The maximum atomic E-state index is 13.9. The van der Waals surface area contributed by atoms with Gasteiger partial charge in [0.25, 0.3) is 0 Å². The number of benzene rings is 2. The maximum absolute atomic E-state index is 13.9. The van der Waals surface area contributed by atoms with Crippen molar-refractivity contribution in [2.75, 3.05) is 25.0 Å². The van der Waals surface area contributed by atoms with Crippen molar-refractivity contribution < 1.29 is 27.5 Å². The lowest BCUT2D eigenvalue weighted by Crippen LogP contribution is -2.27. The van der Waals surface area contributed by atoms with Crippen LogP contribution in [-0.2, 0) is 11.0 Å². The fourth-order valence-corrected chi connectivity index (χ4v) is 4.14. The van der Waals surface area contributed by atoms with Gasteiger partial charge < -0.3 is 15.0 Å². The number of fused-ring (bicyclic) bond motifs is 2. The van der Waals surface area contributed by atoms with E-state index in [1.54, 1.807) is 13.8 Å². The minimum absolute atomic E-state index is 0.0325. The highest BCUT2D eigenvalue weighted by Gasteiger charge is 2.37. The molecule has 2 aromatic carbocycles. The lowest BCUT2D eigenvalue weighted by Gasteiger charge is -2.23. The number of hydrogen-bond acceptors (Lipinski definition) is 4. The Bertz CT molecular complexity index is 1080. The molecule has 0 spiro atoms. The van der Waals surface area contributed by atoms with Crippen molar-refractivity contribution in [2.45, 2.75) is 46.2 Å². The zero-order chi connectivity index (χ0) is 25.2. The van der Waals surface area contributed by atoms with Crippen LogP contribution in [0.3, 0.4) is 0 Å². The summed E-state index contributed by atoms with van der Waals surface area (Å²) in [6, 6.07) is 6.08. The van der Waals surface area contributed by atoms with Gasteiger partial charge in [0.2, 0.25) is 5.91 Å². The van der Waals surface area contributed by atoms with E-state index in [2.05, 4.69) is 10.2 Å². The molecule has 1 atom stereocenters. The second-order valence-electron chi connectivity index (χ2n) is 8.52. The molecule has 1 unspecified atom stereocenters. The summed E-state index contributed by atoms with van der Waals surface area (Å²) >= 11 is 6.37. The average molecular weight is 497 g/mol. The summed E-state index contributed by atoms with van der Waals surface area (Å²) in [5, 5.41) is 2.85. The molecule has 0 saturated carbocycles. The summed E-state index contributed by atoms with van der Waals surface area (Å²) in [5.74, 6) is -1.83.